The Morgan fingerprint density at radius 1 is 0.697 bits per heavy atom. The lowest BCUT2D eigenvalue weighted by molar-refractivity contribution is -0.184. The van der Waals surface area contributed by atoms with Gasteiger partial charge in [-0.1, -0.05) is 115 Å². The molecule has 4 N–H and O–H groups in total. The van der Waals surface area contributed by atoms with Gasteiger partial charge in [0.25, 0.3) is 0 Å². The van der Waals surface area contributed by atoms with Crippen LogP contribution in [0.3, 0.4) is 0 Å². The second-order valence-electron chi connectivity index (χ2n) is 9.63. The molecule has 0 aromatic heterocycles. The fourth-order valence-electron chi connectivity index (χ4n) is 4.72. The van der Waals surface area contributed by atoms with Gasteiger partial charge in [-0.3, -0.25) is 0 Å². The van der Waals surface area contributed by atoms with E-state index in [9.17, 15) is 20.4 Å². The minimum absolute atomic E-state index is 0.243. The highest BCUT2D eigenvalue weighted by Gasteiger charge is 2.45. The summed E-state index contributed by atoms with van der Waals surface area (Å²) in [7, 11) is 0. The Bertz CT molecular complexity index is 620. The van der Waals surface area contributed by atoms with E-state index in [4.69, 9.17) is 4.74 Å². The first kappa shape index (κ1) is 28.3. The van der Waals surface area contributed by atoms with Crippen LogP contribution < -0.4 is 0 Å². The topological polar surface area (TPSA) is 90.2 Å². The number of aryl methyl sites for hydroxylation is 1. The lowest BCUT2D eigenvalue weighted by Crippen LogP contribution is -2.55. The highest BCUT2D eigenvalue weighted by Crippen LogP contribution is 2.33. The fraction of sp³-hybridized carbons (Fsp3) is 0.750. The van der Waals surface area contributed by atoms with Crippen molar-refractivity contribution in [2.75, 3.05) is 6.61 Å². The highest BCUT2D eigenvalue weighted by atomic mass is 16.5. The molecule has 5 heteroatoms. The molecule has 1 fully saturated rings. The van der Waals surface area contributed by atoms with Crippen LogP contribution >= 0.6 is 0 Å². The third-order valence-corrected chi connectivity index (χ3v) is 6.86. The Morgan fingerprint density at radius 2 is 1.21 bits per heavy atom. The lowest BCUT2D eigenvalue weighted by atomic mass is 9.88. The first-order valence-electron chi connectivity index (χ1n) is 13.4. The summed E-state index contributed by atoms with van der Waals surface area (Å²) in [4.78, 5) is 0. The minimum Gasteiger partial charge on any atom is -0.394 e. The quantitative estimate of drug-likeness (QED) is 0.242. The molecular weight excluding hydrogens is 416 g/mol. The summed E-state index contributed by atoms with van der Waals surface area (Å²) in [5, 5.41) is 40.0. The van der Waals surface area contributed by atoms with E-state index >= 15 is 0 Å². The maximum atomic E-state index is 10.4. The first-order chi connectivity index (χ1) is 16.1. The van der Waals surface area contributed by atoms with Gasteiger partial charge in [0.1, 0.15) is 24.4 Å². The van der Waals surface area contributed by atoms with Gasteiger partial charge in [-0.15, -0.1) is 0 Å². The molecule has 1 heterocycles. The summed E-state index contributed by atoms with van der Waals surface area (Å²) >= 11 is 0. The van der Waals surface area contributed by atoms with Crippen molar-refractivity contribution in [1.29, 1.82) is 0 Å². The molecule has 0 bridgehead atoms. The number of ether oxygens (including phenoxy) is 1. The Balaban J connectivity index is 1.63. The maximum Gasteiger partial charge on any atom is 0.158 e. The zero-order valence-corrected chi connectivity index (χ0v) is 20.6. The monoisotopic (exact) mass is 463 g/mol. The Morgan fingerprint density at radius 3 is 1.76 bits per heavy atom. The van der Waals surface area contributed by atoms with Crippen molar-refractivity contribution in [3.8, 4) is 0 Å². The molecule has 5 nitrogen and oxygen atoms in total. The van der Waals surface area contributed by atoms with Gasteiger partial charge in [0, 0.05) is 0 Å². The third kappa shape index (κ3) is 9.65. The van der Waals surface area contributed by atoms with Gasteiger partial charge >= 0.3 is 0 Å². The summed E-state index contributed by atoms with van der Waals surface area (Å²) in [6, 6.07) is 7.73. The smallest absolute Gasteiger partial charge is 0.158 e. The predicted molar refractivity (Wildman–Crippen MR) is 133 cm³/mol. The molecule has 1 radical (unpaired) electrons. The number of rotatable bonds is 17. The third-order valence-electron chi connectivity index (χ3n) is 6.86. The maximum absolute atomic E-state index is 10.4. The molecule has 4 atom stereocenters. The first-order valence-corrected chi connectivity index (χ1v) is 13.4. The van der Waals surface area contributed by atoms with E-state index in [1.54, 1.807) is 0 Å². The number of unbranched alkanes of at least 4 members (excludes halogenated alkanes) is 13. The summed E-state index contributed by atoms with van der Waals surface area (Å²) in [5.74, 6) is 0. The molecule has 1 aliphatic rings. The molecule has 1 aromatic carbocycles. The largest absolute Gasteiger partial charge is 0.394 e. The Hall–Kier alpha value is -0.980. The average Bonchev–Trinajstić information content (AvgIpc) is 2.83. The van der Waals surface area contributed by atoms with Gasteiger partial charge in [0.2, 0.25) is 0 Å². The SMILES string of the molecule is CCCCCCCCCCCCCCCCc1ccccc1[C]1O[C@H](CO)[C@@H](O)[C@H](O)[C@H]1O. The van der Waals surface area contributed by atoms with E-state index in [1.807, 2.05) is 24.3 Å². The van der Waals surface area contributed by atoms with Crippen molar-refractivity contribution >= 4 is 0 Å². The van der Waals surface area contributed by atoms with Crippen molar-refractivity contribution in [3.63, 3.8) is 0 Å². The highest BCUT2D eigenvalue weighted by molar-refractivity contribution is 5.39. The van der Waals surface area contributed by atoms with Crippen LogP contribution in [0.15, 0.2) is 24.3 Å². The van der Waals surface area contributed by atoms with Gasteiger partial charge in [-0.25, -0.2) is 0 Å². The van der Waals surface area contributed by atoms with Crippen molar-refractivity contribution in [2.24, 2.45) is 0 Å². The summed E-state index contributed by atoms with van der Waals surface area (Å²) in [5.41, 5.74) is 1.81. The summed E-state index contributed by atoms with van der Waals surface area (Å²) in [6.07, 6.45) is 14.7. The molecule has 0 saturated carbocycles. The fourth-order valence-corrected chi connectivity index (χ4v) is 4.72. The summed E-state index contributed by atoms with van der Waals surface area (Å²) in [6.45, 7) is 1.85. The molecular formula is C28H47O5. The standard InChI is InChI=1S/C28H47O5/c1-2-3-4-5-6-7-8-9-10-11-12-13-14-15-18-22-19-16-17-20-23(22)28-27(32)26(31)25(30)24(21-29)33-28/h16-17,19-20,24-27,29-32H,2-15,18,21H2,1H3/t24-,25-,26+,27-/m1/s1. The molecule has 0 aliphatic carbocycles. The lowest BCUT2D eigenvalue weighted by Gasteiger charge is -2.40. The van der Waals surface area contributed by atoms with Crippen LogP contribution in [0.5, 0.6) is 0 Å². The molecule has 0 unspecified atom stereocenters. The zero-order valence-electron chi connectivity index (χ0n) is 20.6. The van der Waals surface area contributed by atoms with Crippen LogP contribution in [0.4, 0.5) is 0 Å². The molecule has 0 spiro atoms. The predicted octanol–water partition coefficient (Wildman–Crippen LogP) is 5.06. The number of aliphatic hydroxyl groups excluding tert-OH is 4. The Kier molecular flexibility index (Phi) is 14.2. The van der Waals surface area contributed by atoms with E-state index in [1.165, 1.54) is 83.5 Å². The van der Waals surface area contributed by atoms with Crippen molar-refractivity contribution in [3.05, 3.63) is 41.5 Å². The second kappa shape index (κ2) is 16.6. The van der Waals surface area contributed by atoms with Gasteiger partial charge in [0.05, 0.1) is 6.61 Å². The van der Waals surface area contributed by atoms with Crippen molar-refractivity contribution in [2.45, 2.75) is 128 Å². The van der Waals surface area contributed by atoms with Gasteiger partial charge in [0.15, 0.2) is 6.10 Å². The molecule has 0 amide bonds. The number of hydrogen-bond donors (Lipinski definition) is 4. The number of aliphatic hydroxyl groups is 4. The van der Waals surface area contributed by atoms with Crippen LogP contribution in [0.1, 0.15) is 108 Å². The Labute approximate surface area is 201 Å². The van der Waals surface area contributed by atoms with Crippen LogP contribution in [0, 0.1) is 6.10 Å². The zero-order chi connectivity index (χ0) is 23.9. The van der Waals surface area contributed by atoms with Crippen molar-refractivity contribution in [1.82, 2.24) is 0 Å². The van der Waals surface area contributed by atoms with Gasteiger partial charge < -0.3 is 25.2 Å². The number of hydrogen-bond acceptors (Lipinski definition) is 5. The normalized spacial score (nSPS) is 23.8. The van der Waals surface area contributed by atoms with E-state index in [0.717, 1.165) is 24.0 Å². The molecule has 1 saturated heterocycles. The van der Waals surface area contributed by atoms with E-state index in [-0.39, 0.29) is 6.10 Å². The van der Waals surface area contributed by atoms with Crippen LogP contribution in [-0.4, -0.2) is 51.4 Å². The minimum atomic E-state index is -1.37. The molecule has 189 valence electrons. The van der Waals surface area contributed by atoms with E-state index in [2.05, 4.69) is 6.92 Å². The van der Waals surface area contributed by atoms with Gasteiger partial charge in [-0.05, 0) is 24.0 Å². The summed E-state index contributed by atoms with van der Waals surface area (Å²) < 4.78 is 5.69. The van der Waals surface area contributed by atoms with Crippen LogP contribution in [0.25, 0.3) is 0 Å². The van der Waals surface area contributed by atoms with Crippen molar-refractivity contribution < 1.29 is 25.2 Å². The van der Waals surface area contributed by atoms with Crippen LogP contribution in [-0.2, 0) is 11.2 Å². The molecule has 2 rings (SSSR count). The van der Waals surface area contributed by atoms with Gasteiger partial charge in [-0.2, -0.15) is 0 Å². The van der Waals surface area contributed by atoms with Crippen LogP contribution in [0.2, 0.25) is 0 Å². The molecule has 33 heavy (non-hydrogen) atoms. The van der Waals surface area contributed by atoms with E-state index in [0.29, 0.717) is 0 Å². The average molecular weight is 464 g/mol. The molecule has 1 aromatic rings. The second-order valence-corrected chi connectivity index (χ2v) is 9.63. The van der Waals surface area contributed by atoms with E-state index < -0.39 is 31.0 Å². The number of benzene rings is 1. The molecule has 1 aliphatic heterocycles.